The second kappa shape index (κ2) is 20.0. The Bertz CT molecular complexity index is 1630. The zero-order chi connectivity index (χ0) is 38.3. The molecule has 0 spiro atoms. The Morgan fingerprint density at radius 2 is 1.40 bits per heavy atom. The second-order valence-electron chi connectivity index (χ2n) is 14.3. The number of nitrogens with two attached hydrogens (primary N) is 1. The summed E-state index contributed by atoms with van der Waals surface area (Å²) in [5.41, 5.74) is 8.99. The molecule has 11 heteroatoms. The van der Waals surface area contributed by atoms with E-state index in [0.717, 1.165) is 27.8 Å². The highest BCUT2D eigenvalue weighted by Gasteiger charge is 2.31. The van der Waals surface area contributed by atoms with Crippen LogP contribution in [-0.2, 0) is 48.1 Å². The smallest absolute Gasteiger partial charge is 0.407 e. The van der Waals surface area contributed by atoms with Gasteiger partial charge in [-0.3, -0.25) is 19.2 Å². The Morgan fingerprint density at radius 1 is 0.808 bits per heavy atom. The topological polar surface area (TPSA) is 174 Å². The molecule has 3 aromatic carbocycles. The quantitative estimate of drug-likeness (QED) is 0.0892. The molecule has 11 nitrogen and oxygen atoms in total. The molecule has 52 heavy (non-hydrogen) atoms. The third-order valence-corrected chi connectivity index (χ3v) is 8.62. The fourth-order valence-electron chi connectivity index (χ4n) is 5.98. The molecule has 5 N–H and O–H groups in total. The lowest BCUT2D eigenvalue weighted by Crippen LogP contribution is -2.46. The maximum atomic E-state index is 14.0. The summed E-state index contributed by atoms with van der Waals surface area (Å²) in [7, 11) is 0. The molecule has 3 rings (SSSR count). The SMILES string of the molecule is Cc1cc(O)cc(C)c1CC(CC(=O)OC(C)(C)C)C(=O)N[C@@H](CCCCNC(=O)OCc1ccccc1)C(=O)C[C@@H](Cc1ccccc1)C(N)=O. The number of phenols is 1. The molecule has 0 bridgehead atoms. The van der Waals surface area contributed by atoms with Crippen LogP contribution in [0.1, 0.15) is 80.7 Å². The van der Waals surface area contributed by atoms with Crippen LogP contribution in [0, 0.1) is 25.7 Å². The van der Waals surface area contributed by atoms with Crippen molar-refractivity contribution in [3.8, 4) is 5.75 Å². The number of primary amides is 1. The van der Waals surface area contributed by atoms with Crippen molar-refractivity contribution < 1.29 is 38.6 Å². The number of unbranched alkanes of at least 4 members (excludes halogenated alkanes) is 1. The number of benzene rings is 3. The van der Waals surface area contributed by atoms with Gasteiger partial charge in [0.25, 0.3) is 0 Å². The van der Waals surface area contributed by atoms with Crippen molar-refractivity contribution >= 4 is 29.7 Å². The van der Waals surface area contributed by atoms with Crippen LogP contribution in [0.5, 0.6) is 5.75 Å². The Labute approximate surface area is 306 Å². The molecule has 3 atom stereocenters. The minimum atomic E-state index is -0.988. The van der Waals surface area contributed by atoms with Crippen molar-refractivity contribution in [2.45, 2.75) is 97.8 Å². The normalized spacial score (nSPS) is 12.9. The minimum absolute atomic E-state index is 0.0935. The third kappa shape index (κ3) is 14.6. The zero-order valence-electron chi connectivity index (χ0n) is 30.9. The maximum Gasteiger partial charge on any atom is 0.407 e. The molecule has 1 unspecified atom stereocenters. The van der Waals surface area contributed by atoms with E-state index in [4.69, 9.17) is 15.2 Å². The summed E-state index contributed by atoms with van der Waals surface area (Å²) in [6, 6.07) is 20.7. The predicted octanol–water partition coefficient (Wildman–Crippen LogP) is 5.78. The first-order valence-corrected chi connectivity index (χ1v) is 17.7. The van der Waals surface area contributed by atoms with Gasteiger partial charge in [0.15, 0.2) is 5.78 Å². The van der Waals surface area contributed by atoms with Crippen LogP contribution in [0.15, 0.2) is 72.8 Å². The van der Waals surface area contributed by atoms with Crippen LogP contribution in [-0.4, -0.2) is 53.0 Å². The van der Waals surface area contributed by atoms with Gasteiger partial charge in [-0.2, -0.15) is 0 Å². The van der Waals surface area contributed by atoms with Gasteiger partial charge < -0.3 is 30.9 Å². The Morgan fingerprint density at radius 3 is 1.98 bits per heavy atom. The number of Topliss-reactive ketones (excluding diaryl/α,β-unsaturated/α-hetero) is 1. The predicted molar refractivity (Wildman–Crippen MR) is 198 cm³/mol. The summed E-state index contributed by atoms with van der Waals surface area (Å²) in [6.45, 7) is 9.27. The lowest BCUT2D eigenvalue weighted by molar-refractivity contribution is -0.157. The number of esters is 1. The van der Waals surface area contributed by atoms with Crippen molar-refractivity contribution in [1.82, 2.24) is 10.6 Å². The van der Waals surface area contributed by atoms with E-state index in [1.165, 1.54) is 0 Å². The van der Waals surface area contributed by atoms with E-state index in [0.29, 0.717) is 12.8 Å². The van der Waals surface area contributed by atoms with E-state index in [1.54, 1.807) is 32.9 Å². The van der Waals surface area contributed by atoms with Crippen LogP contribution in [0.3, 0.4) is 0 Å². The van der Waals surface area contributed by atoms with Gasteiger partial charge in [-0.05, 0) is 107 Å². The number of rotatable bonds is 19. The number of alkyl carbamates (subject to hydrolysis) is 1. The van der Waals surface area contributed by atoms with Crippen LogP contribution in [0.4, 0.5) is 4.79 Å². The van der Waals surface area contributed by atoms with E-state index in [2.05, 4.69) is 10.6 Å². The average molecular weight is 716 g/mol. The number of nitrogens with one attached hydrogen (secondary N) is 2. The number of carbonyl (C=O) groups is 5. The first-order chi connectivity index (χ1) is 24.6. The van der Waals surface area contributed by atoms with Crippen molar-refractivity contribution in [2.75, 3.05) is 6.54 Å². The number of ether oxygens (including phenoxy) is 2. The van der Waals surface area contributed by atoms with Gasteiger partial charge in [0.2, 0.25) is 11.8 Å². The molecule has 3 aromatic rings. The first-order valence-electron chi connectivity index (χ1n) is 17.7. The maximum absolute atomic E-state index is 14.0. The molecule has 3 amide bonds. The highest BCUT2D eigenvalue weighted by Crippen LogP contribution is 2.26. The fraction of sp³-hybridized carbons (Fsp3) is 0.439. The molecule has 0 aliphatic heterocycles. The molecular formula is C41H53N3O8. The number of amides is 3. The van der Waals surface area contributed by atoms with Crippen LogP contribution >= 0.6 is 0 Å². The van der Waals surface area contributed by atoms with E-state index in [9.17, 15) is 29.1 Å². The van der Waals surface area contributed by atoms with Crippen molar-refractivity contribution in [1.29, 1.82) is 0 Å². The van der Waals surface area contributed by atoms with Gasteiger partial charge in [0, 0.05) is 18.9 Å². The molecule has 0 fully saturated rings. The molecule has 0 aromatic heterocycles. The lowest BCUT2D eigenvalue weighted by atomic mass is 9.88. The van der Waals surface area contributed by atoms with Gasteiger partial charge in [0.05, 0.1) is 18.4 Å². The van der Waals surface area contributed by atoms with Gasteiger partial charge in [-0.15, -0.1) is 0 Å². The van der Waals surface area contributed by atoms with Crippen molar-refractivity contribution in [2.24, 2.45) is 17.6 Å². The standard InChI is InChI=1S/C41H53N3O8/c1-27-20-33(45)21-28(2)34(27)23-32(25-37(47)52-41(3,4)5)39(49)44-35(36(46)24-31(38(42)48)22-29-14-8-6-9-15-29)18-12-13-19-43-40(50)51-26-30-16-10-7-11-17-30/h6-11,14-17,20-21,31-32,35,45H,12-13,18-19,22-26H2,1-5H3,(H2,42,48)(H,43,50)(H,44,49)/t31-,32?,35+/m1/s1. The summed E-state index contributed by atoms with van der Waals surface area (Å²) < 4.78 is 10.8. The number of aromatic hydroxyl groups is 1. The number of phenolic OH excluding ortho intramolecular Hbond substituents is 1. The van der Waals surface area contributed by atoms with Crippen molar-refractivity contribution in [3.05, 3.63) is 101 Å². The molecule has 0 aliphatic carbocycles. The molecular weight excluding hydrogens is 662 g/mol. The average Bonchev–Trinajstić information content (AvgIpc) is 3.07. The molecule has 0 aliphatic rings. The lowest BCUT2D eigenvalue weighted by Gasteiger charge is -2.25. The highest BCUT2D eigenvalue weighted by atomic mass is 16.6. The number of ketones is 1. The van der Waals surface area contributed by atoms with Gasteiger partial charge in [0.1, 0.15) is 18.0 Å². The van der Waals surface area contributed by atoms with E-state index >= 15 is 0 Å². The summed E-state index contributed by atoms with van der Waals surface area (Å²) in [5, 5.41) is 15.7. The molecule has 0 saturated carbocycles. The van der Waals surface area contributed by atoms with E-state index < -0.39 is 47.4 Å². The van der Waals surface area contributed by atoms with Crippen LogP contribution in [0.25, 0.3) is 0 Å². The van der Waals surface area contributed by atoms with E-state index in [-0.39, 0.29) is 56.8 Å². The van der Waals surface area contributed by atoms with E-state index in [1.807, 2.05) is 74.5 Å². The monoisotopic (exact) mass is 715 g/mol. The highest BCUT2D eigenvalue weighted by molar-refractivity contribution is 5.93. The van der Waals surface area contributed by atoms with Crippen LogP contribution < -0.4 is 16.4 Å². The molecule has 0 saturated heterocycles. The number of hydrogen-bond donors (Lipinski definition) is 4. The molecule has 0 radical (unpaired) electrons. The molecule has 0 heterocycles. The minimum Gasteiger partial charge on any atom is -0.508 e. The fourth-order valence-corrected chi connectivity index (χ4v) is 5.98. The Balaban J connectivity index is 1.76. The van der Waals surface area contributed by atoms with Gasteiger partial charge >= 0.3 is 12.1 Å². The van der Waals surface area contributed by atoms with Gasteiger partial charge in [-0.25, -0.2) is 4.79 Å². The Kier molecular flexibility index (Phi) is 15.9. The summed E-state index contributed by atoms with van der Waals surface area (Å²) >= 11 is 0. The number of aryl methyl sites for hydroxylation is 2. The zero-order valence-corrected chi connectivity index (χ0v) is 30.9. The number of carbonyl (C=O) groups excluding carboxylic acids is 5. The first kappa shape index (κ1) is 41.2. The molecule has 280 valence electrons. The largest absolute Gasteiger partial charge is 0.508 e. The summed E-state index contributed by atoms with van der Waals surface area (Å²) in [6.07, 6.45) is 0.579. The van der Waals surface area contributed by atoms with Crippen LogP contribution in [0.2, 0.25) is 0 Å². The summed E-state index contributed by atoms with van der Waals surface area (Å²) in [4.78, 5) is 65.7. The second-order valence-corrected chi connectivity index (χ2v) is 14.3. The van der Waals surface area contributed by atoms with Crippen molar-refractivity contribution in [3.63, 3.8) is 0 Å². The summed E-state index contributed by atoms with van der Waals surface area (Å²) in [5.74, 6) is -3.67. The Hall–Kier alpha value is -5.19. The van der Waals surface area contributed by atoms with Gasteiger partial charge in [-0.1, -0.05) is 60.7 Å². The third-order valence-electron chi connectivity index (χ3n) is 8.62. The number of hydrogen-bond acceptors (Lipinski definition) is 8.